The molecule has 0 radical (unpaired) electrons. The standard InChI is InChI=1S/C26H29Cl2N3O2/c1-15(32)31-22-9-6-16(14-30(4)5)10-20(22)29-21-12-26(2,3)13-23(33)24(21)25(31)18-8-7-17(27)11-19(18)28/h6-11,24-25H,12-14H2,1-5H3. The average Bonchev–Trinajstić information content (AvgIpc) is 2.80. The SMILES string of the molecule is CC(=O)N1c2ccc(CN(C)C)cc2N=C2CC(C)(C)CC(=O)C2C1c1ccc(Cl)cc1Cl. The molecule has 4 rings (SSSR count). The predicted molar refractivity (Wildman–Crippen MR) is 135 cm³/mol. The summed E-state index contributed by atoms with van der Waals surface area (Å²) in [6.45, 7) is 6.45. The van der Waals surface area contributed by atoms with Crippen LogP contribution in [0.15, 0.2) is 41.4 Å². The van der Waals surface area contributed by atoms with Crippen molar-refractivity contribution in [1.82, 2.24) is 4.90 Å². The fraction of sp³-hybridized carbons (Fsp3) is 0.423. The molecule has 1 aliphatic heterocycles. The maximum atomic E-state index is 13.6. The zero-order valence-electron chi connectivity index (χ0n) is 19.7. The molecule has 2 atom stereocenters. The van der Waals surface area contributed by atoms with Gasteiger partial charge < -0.3 is 9.80 Å². The fourth-order valence-corrected chi connectivity index (χ4v) is 5.62. The molecule has 1 aliphatic carbocycles. The van der Waals surface area contributed by atoms with Gasteiger partial charge in [-0.25, -0.2) is 0 Å². The third-order valence-corrected chi connectivity index (χ3v) is 6.86. The summed E-state index contributed by atoms with van der Waals surface area (Å²) in [5, 5.41) is 0.939. The highest BCUT2D eigenvalue weighted by molar-refractivity contribution is 6.35. The normalized spacial score (nSPS) is 21.9. The molecule has 0 N–H and O–H groups in total. The lowest BCUT2D eigenvalue weighted by Gasteiger charge is -2.41. The Bertz CT molecular complexity index is 1160. The molecule has 2 aliphatic rings. The first-order chi connectivity index (χ1) is 15.5. The van der Waals surface area contributed by atoms with Crippen LogP contribution in [0.2, 0.25) is 10.0 Å². The van der Waals surface area contributed by atoms with Gasteiger partial charge in [0.1, 0.15) is 5.78 Å². The summed E-state index contributed by atoms with van der Waals surface area (Å²) in [7, 11) is 4.02. The van der Waals surface area contributed by atoms with Gasteiger partial charge in [0.15, 0.2) is 0 Å². The summed E-state index contributed by atoms with van der Waals surface area (Å²) in [5.74, 6) is -0.652. The van der Waals surface area contributed by atoms with Crippen molar-refractivity contribution in [1.29, 1.82) is 0 Å². The van der Waals surface area contributed by atoms with E-state index >= 15 is 0 Å². The zero-order valence-corrected chi connectivity index (χ0v) is 21.2. The Hall–Kier alpha value is -2.21. The van der Waals surface area contributed by atoms with Crippen molar-refractivity contribution in [2.75, 3.05) is 19.0 Å². The Morgan fingerprint density at radius 2 is 1.88 bits per heavy atom. The minimum Gasteiger partial charge on any atom is -0.305 e. The van der Waals surface area contributed by atoms with Crippen LogP contribution in [-0.4, -0.2) is 36.4 Å². The summed E-state index contributed by atoms with van der Waals surface area (Å²) < 4.78 is 0. The van der Waals surface area contributed by atoms with Crippen molar-refractivity contribution in [2.45, 2.75) is 46.2 Å². The lowest BCUT2D eigenvalue weighted by atomic mass is 9.68. The van der Waals surface area contributed by atoms with Gasteiger partial charge in [-0.3, -0.25) is 14.6 Å². The first-order valence-electron chi connectivity index (χ1n) is 11.1. The highest BCUT2D eigenvalue weighted by Crippen LogP contribution is 2.49. The number of anilines is 1. The summed E-state index contributed by atoms with van der Waals surface area (Å²) in [4.78, 5) is 35.6. The van der Waals surface area contributed by atoms with Crippen LogP contribution in [0.4, 0.5) is 11.4 Å². The Morgan fingerprint density at radius 3 is 2.52 bits per heavy atom. The van der Waals surface area contributed by atoms with Crippen LogP contribution in [0.1, 0.15) is 50.8 Å². The van der Waals surface area contributed by atoms with Crippen LogP contribution in [0, 0.1) is 11.3 Å². The minimum absolute atomic E-state index is 0.0774. The van der Waals surface area contributed by atoms with Gasteiger partial charge in [0, 0.05) is 35.6 Å². The molecule has 7 heteroatoms. The molecule has 2 aromatic carbocycles. The zero-order chi connectivity index (χ0) is 24.1. The van der Waals surface area contributed by atoms with Crippen LogP contribution < -0.4 is 4.90 Å². The minimum atomic E-state index is -0.587. The number of ketones is 1. The molecule has 0 bridgehead atoms. The molecule has 0 aromatic heterocycles. The highest BCUT2D eigenvalue weighted by atomic mass is 35.5. The number of rotatable bonds is 3. The van der Waals surface area contributed by atoms with Crippen LogP contribution in [0.25, 0.3) is 0 Å². The Balaban J connectivity index is 1.99. The van der Waals surface area contributed by atoms with Gasteiger partial charge >= 0.3 is 0 Å². The third kappa shape index (κ3) is 4.72. The molecule has 0 saturated heterocycles. The van der Waals surface area contributed by atoms with Gasteiger partial charge in [0.25, 0.3) is 0 Å². The van der Waals surface area contributed by atoms with E-state index in [1.807, 2.05) is 38.4 Å². The molecule has 5 nitrogen and oxygen atoms in total. The second kappa shape index (κ2) is 8.86. The monoisotopic (exact) mass is 485 g/mol. The fourth-order valence-electron chi connectivity index (χ4n) is 5.10. The maximum Gasteiger partial charge on any atom is 0.224 e. The number of aliphatic imine (C=N–C) groups is 1. The van der Waals surface area contributed by atoms with E-state index in [0.717, 1.165) is 17.8 Å². The Morgan fingerprint density at radius 1 is 1.15 bits per heavy atom. The van der Waals surface area contributed by atoms with E-state index in [4.69, 9.17) is 28.2 Å². The van der Waals surface area contributed by atoms with Crippen LogP contribution in [0.3, 0.4) is 0 Å². The van der Waals surface area contributed by atoms with Gasteiger partial charge in [-0.15, -0.1) is 0 Å². The molecule has 1 amide bonds. The molecule has 1 heterocycles. The van der Waals surface area contributed by atoms with E-state index in [-0.39, 0.29) is 17.1 Å². The van der Waals surface area contributed by atoms with Gasteiger partial charge in [-0.1, -0.05) is 49.2 Å². The molecule has 174 valence electrons. The van der Waals surface area contributed by atoms with Crippen molar-refractivity contribution >= 4 is 52.0 Å². The first-order valence-corrected chi connectivity index (χ1v) is 11.8. The largest absolute Gasteiger partial charge is 0.305 e. The molecule has 33 heavy (non-hydrogen) atoms. The van der Waals surface area contributed by atoms with Gasteiger partial charge in [0.05, 0.1) is 23.3 Å². The van der Waals surface area contributed by atoms with Crippen molar-refractivity contribution in [2.24, 2.45) is 16.3 Å². The maximum absolute atomic E-state index is 13.6. The number of halogens is 2. The number of benzene rings is 2. The molecule has 0 spiro atoms. The number of nitrogens with zero attached hydrogens (tertiary/aromatic N) is 3. The van der Waals surface area contributed by atoms with Crippen LogP contribution in [0.5, 0.6) is 0 Å². The van der Waals surface area contributed by atoms with Gasteiger partial charge in [0.2, 0.25) is 5.91 Å². The van der Waals surface area contributed by atoms with E-state index in [2.05, 4.69) is 18.7 Å². The van der Waals surface area contributed by atoms with Crippen molar-refractivity contribution in [3.63, 3.8) is 0 Å². The van der Waals surface area contributed by atoms with Crippen LogP contribution >= 0.6 is 23.2 Å². The number of carbonyl (C=O) groups excluding carboxylic acids is 2. The highest BCUT2D eigenvalue weighted by Gasteiger charge is 2.47. The molecular formula is C26H29Cl2N3O2. The number of hydrogen-bond donors (Lipinski definition) is 0. The quantitative estimate of drug-likeness (QED) is 0.516. The molecule has 1 fully saturated rings. The second-order valence-electron chi connectivity index (χ2n) is 10.1. The van der Waals surface area contributed by atoms with Gasteiger partial charge in [-0.2, -0.15) is 0 Å². The lowest BCUT2D eigenvalue weighted by molar-refractivity contribution is -0.124. The molecule has 2 aromatic rings. The lowest BCUT2D eigenvalue weighted by Crippen LogP contribution is -2.47. The molecule has 1 saturated carbocycles. The molecule has 2 unspecified atom stereocenters. The summed E-state index contributed by atoms with van der Waals surface area (Å²) in [6.07, 6.45) is 1.10. The van der Waals surface area contributed by atoms with Crippen molar-refractivity contribution in [3.8, 4) is 0 Å². The number of Topliss-reactive ketones (excluding diaryl/α,β-unsaturated/α-hetero) is 1. The summed E-state index contributed by atoms with van der Waals surface area (Å²) in [5.41, 5.74) is 3.79. The summed E-state index contributed by atoms with van der Waals surface area (Å²) >= 11 is 12.8. The third-order valence-electron chi connectivity index (χ3n) is 6.29. The van der Waals surface area contributed by atoms with E-state index in [1.54, 1.807) is 17.0 Å². The van der Waals surface area contributed by atoms with Gasteiger partial charge in [-0.05, 0) is 61.3 Å². The van der Waals surface area contributed by atoms with Crippen molar-refractivity contribution in [3.05, 3.63) is 57.6 Å². The van der Waals surface area contributed by atoms with Crippen LogP contribution in [-0.2, 0) is 16.1 Å². The van der Waals surface area contributed by atoms with E-state index < -0.39 is 12.0 Å². The first kappa shape index (κ1) is 23.9. The second-order valence-corrected chi connectivity index (χ2v) is 11.0. The number of amides is 1. The predicted octanol–water partition coefficient (Wildman–Crippen LogP) is 6.24. The van der Waals surface area contributed by atoms with E-state index in [0.29, 0.717) is 39.8 Å². The molecular weight excluding hydrogens is 457 g/mol. The number of carbonyl (C=O) groups is 2. The van der Waals surface area contributed by atoms with E-state index in [1.165, 1.54) is 6.92 Å². The average molecular weight is 486 g/mol. The Kier molecular flexibility index (Phi) is 6.43. The number of fused-ring (bicyclic) bond motifs is 2. The van der Waals surface area contributed by atoms with Crippen molar-refractivity contribution < 1.29 is 9.59 Å². The smallest absolute Gasteiger partial charge is 0.224 e. The Labute approximate surface area is 205 Å². The summed E-state index contributed by atoms with van der Waals surface area (Å²) in [6, 6.07) is 10.6. The topological polar surface area (TPSA) is 53.0 Å². The number of hydrogen-bond acceptors (Lipinski definition) is 4. The van der Waals surface area contributed by atoms with E-state index in [9.17, 15) is 9.59 Å².